The first kappa shape index (κ1) is 22.6. The molecular formula is C21H23ClN8O3S. The van der Waals surface area contributed by atoms with E-state index in [0.717, 1.165) is 10.9 Å². The van der Waals surface area contributed by atoms with E-state index >= 15 is 0 Å². The number of aromatic nitrogens is 5. The highest BCUT2D eigenvalue weighted by molar-refractivity contribution is 7.88. The zero-order chi connectivity index (χ0) is 24.4. The van der Waals surface area contributed by atoms with E-state index in [9.17, 15) is 13.2 Å². The molecule has 3 aromatic heterocycles. The van der Waals surface area contributed by atoms with E-state index in [1.807, 2.05) is 11.6 Å². The largest absolute Gasteiger partial charge is 0.383 e. The van der Waals surface area contributed by atoms with Crippen LogP contribution in [0.25, 0.3) is 33.3 Å². The molecule has 4 N–H and O–H groups in total. The second-order valence-corrected chi connectivity index (χ2v) is 10.8. The molecule has 0 aliphatic carbocycles. The topological polar surface area (TPSA) is 155 Å². The van der Waals surface area contributed by atoms with Crippen molar-refractivity contribution in [1.29, 1.82) is 0 Å². The number of amides is 1. The maximum Gasteiger partial charge on any atom is 0.248 e. The highest BCUT2D eigenvalue weighted by Crippen LogP contribution is 2.41. The van der Waals surface area contributed by atoms with Crippen LogP contribution in [-0.4, -0.2) is 62.3 Å². The number of anilines is 1. The summed E-state index contributed by atoms with van der Waals surface area (Å²) in [5, 5.41) is 6.63. The Kier molecular flexibility index (Phi) is 5.26. The Morgan fingerprint density at radius 1 is 1.21 bits per heavy atom. The Balaban J connectivity index is 1.68. The molecule has 0 radical (unpaired) electrons. The number of benzene rings is 1. The molecule has 0 atom stereocenters. The van der Waals surface area contributed by atoms with Gasteiger partial charge in [0.1, 0.15) is 17.8 Å². The number of nitrogens with two attached hydrogens (primary N) is 2. The number of primary amides is 1. The molecule has 11 nitrogen and oxygen atoms in total. The molecule has 178 valence electrons. The molecule has 0 spiro atoms. The fraction of sp³-hybridized carbons (Fsp3) is 0.333. The number of rotatable bonds is 4. The predicted octanol–water partition coefficient (Wildman–Crippen LogP) is 1.92. The van der Waals surface area contributed by atoms with Gasteiger partial charge < -0.3 is 16.0 Å². The van der Waals surface area contributed by atoms with E-state index < -0.39 is 15.9 Å². The number of piperidine rings is 1. The Labute approximate surface area is 200 Å². The summed E-state index contributed by atoms with van der Waals surface area (Å²) in [6.45, 7) is 0.789. The van der Waals surface area contributed by atoms with Crippen molar-refractivity contribution in [3.8, 4) is 11.4 Å². The summed E-state index contributed by atoms with van der Waals surface area (Å²) >= 11 is 6.80. The van der Waals surface area contributed by atoms with Gasteiger partial charge in [0.2, 0.25) is 15.9 Å². The lowest BCUT2D eigenvalue weighted by Crippen LogP contribution is -2.38. The Bertz CT molecular complexity index is 1570. The van der Waals surface area contributed by atoms with Crippen molar-refractivity contribution in [2.24, 2.45) is 12.8 Å². The van der Waals surface area contributed by atoms with Crippen molar-refractivity contribution in [3.05, 3.63) is 35.1 Å². The lowest BCUT2D eigenvalue weighted by Gasteiger charge is -2.30. The first-order chi connectivity index (χ1) is 16.1. The van der Waals surface area contributed by atoms with E-state index in [1.165, 1.54) is 16.9 Å². The SMILES string of the molecule is Cn1c(-c2nn(C3CCN(S(C)(=O)=O)CC3)c3ncnc(N)c23)c(Cl)c2ccc(C(N)=O)cc21. The third-order valence-electron chi connectivity index (χ3n) is 6.40. The minimum atomic E-state index is -3.25. The first-order valence-corrected chi connectivity index (χ1v) is 12.8. The van der Waals surface area contributed by atoms with Crippen LogP contribution in [0.15, 0.2) is 24.5 Å². The van der Waals surface area contributed by atoms with Gasteiger partial charge in [-0.3, -0.25) is 4.79 Å². The van der Waals surface area contributed by atoms with Gasteiger partial charge in [-0.1, -0.05) is 17.7 Å². The smallest absolute Gasteiger partial charge is 0.248 e. The van der Waals surface area contributed by atoms with Crippen molar-refractivity contribution < 1.29 is 13.2 Å². The summed E-state index contributed by atoms with van der Waals surface area (Å²) < 4.78 is 29.0. The van der Waals surface area contributed by atoms with Crippen molar-refractivity contribution in [2.45, 2.75) is 18.9 Å². The lowest BCUT2D eigenvalue weighted by molar-refractivity contribution is 0.100. The van der Waals surface area contributed by atoms with Crippen LogP contribution in [0.5, 0.6) is 0 Å². The Morgan fingerprint density at radius 2 is 1.91 bits per heavy atom. The van der Waals surface area contributed by atoms with E-state index in [0.29, 0.717) is 58.9 Å². The molecule has 0 unspecified atom stereocenters. The summed E-state index contributed by atoms with van der Waals surface area (Å²) in [7, 11) is -1.43. The van der Waals surface area contributed by atoms with Crippen molar-refractivity contribution >= 4 is 55.3 Å². The van der Waals surface area contributed by atoms with Gasteiger partial charge in [-0.15, -0.1) is 0 Å². The van der Waals surface area contributed by atoms with Crippen molar-refractivity contribution in [1.82, 2.24) is 28.6 Å². The van der Waals surface area contributed by atoms with Crippen LogP contribution in [0.3, 0.4) is 0 Å². The first-order valence-electron chi connectivity index (χ1n) is 10.6. The van der Waals surface area contributed by atoms with Crippen LogP contribution in [-0.2, 0) is 17.1 Å². The number of halogens is 1. The third kappa shape index (κ3) is 3.49. The number of carbonyl (C=O) groups excluding carboxylic acids is 1. The second-order valence-electron chi connectivity index (χ2n) is 8.46. The average Bonchev–Trinajstić information content (AvgIpc) is 3.29. The summed E-state index contributed by atoms with van der Waals surface area (Å²) in [6.07, 6.45) is 3.76. The molecule has 1 saturated heterocycles. The molecule has 0 bridgehead atoms. The number of hydrogen-bond acceptors (Lipinski definition) is 7. The van der Waals surface area contributed by atoms with Gasteiger partial charge in [-0.2, -0.15) is 5.10 Å². The summed E-state index contributed by atoms with van der Waals surface area (Å²) in [4.78, 5) is 20.3. The molecular weight excluding hydrogens is 480 g/mol. The number of nitrogen functional groups attached to an aromatic ring is 1. The normalized spacial score (nSPS) is 16.0. The van der Waals surface area contributed by atoms with E-state index in [2.05, 4.69) is 9.97 Å². The fourth-order valence-electron chi connectivity index (χ4n) is 4.64. The van der Waals surface area contributed by atoms with Crippen molar-refractivity contribution in [2.75, 3.05) is 25.1 Å². The van der Waals surface area contributed by atoms with Gasteiger partial charge in [0.25, 0.3) is 0 Å². The molecule has 4 aromatic rings. The van der Waals surface area contributed by atoms with Crippen LogP contribution in [0.2, 0.25) is 5.02 Å². The highest BCUT2D eigenvalue weighted by atomic mass is 35.5. The zero-order valence-electron chi connectivity index (χ0n) is 18.6. The van der Waals surface area contributed by atoms with Gasteiger partial charge >= 0.3 is 0 Å². The van der Waals surface area contributed by atoms with Crippen LogP contribution in [0.1, 0.15) is 29.2 Å². The number of carbonyl (C=O) groups is 1. The second kappa shape index (κ2) is 7.93. The van der Waals surface area contributed by atoms with Crippen LogP contribution in [0, 0.1) is 0 Å². The number of nitrogens with zero attached hydrogens (tertiary/aromatic N) is 6. The van der Waals surface area contributed by atoms with E-state index in [4.69, 9.17) is 28.2 Å². The number of hydrogen-bond donors (Lipinski definition) is 2. The van der Waals surface area contributed by atoms with Gasteiger partial charge in [0.15, 0.2) is 5.65 Å². The minimum Gasteiger partial charge on any atom is -0.383 e. The molecule has 1 fully saturated rings. The number of fused-ring (bicyclic) bond motifs is 2. The Morgan fingerprint density at radius 3 is 2.56 bits per heavy atom. The molecule has 1 aromatic carbocycles. The van der Waals surface area contributed by atoms with Crippen LogP contribution >= 0.6 is 11.6 Å². The molecule has 13 heteroatoms. The van der Waals surface area contributed by atoms with Gasteiger partial charge in [-0.25, -0.2) is 27.4 Å². The molecule has 1 amide bonds. The molecule has 34 heavy (non-hydrogen) atoms. The minimum absolute atomic E-state index is 0.0709. The van der Waals surface area contributed by atoms with Crippen LogP contribution in [0.4, 0.5) is 5.82 Å². The third-order valence-corrected chi connectivity index (χ3v) is 8.09. The summed E-state index contributed by atoms with van der Waals surface area (Å²) in [6, 6.07) is 5.00. The maximum absolute atomic E-state index is 11.9. The maximum atomic E-state index is 11.9. The quantitative estimate of drug-likeness (QED) is 0.431. The van der Waals surface area contributed by atoms with E-state index in [1.54, 1.807) is 22.9 Å². The average molecular weight is 503 g/mol. The molecule has 5 rings (SSSR count). The lowest BCUT2D eigenvalue weighted by atomic mass is 10.1. The van der Waals surface area contributed by atoms with Gasteiger partial charge in [0.05, 0.1) is 33.9 Å². The Hall–Kier alpha value is -3.22. The summed E-state index contributed by atoms with van der Waals surface area (Å²) in [5.74, 6) is -0.271. The van der Waals surface area contributed by atoms with Crippen LogP contribution < -0.4 is 11.5 Å². The molecule has 1 aliphatic heterocycles. The van der Waals surface area contributed by atoms with Crippen molar-refractivity contribution in [3.63, 3.8) is 0 Å². The fourth-order valence-corrected chi connectivity index (χ4v) is 5.89. The zero-order valence-corrected chi connectivity index (χ0v) is 20.1. The van der Waals surface area contributed by atoms with E-state index in [-0.39, 0.29) is 11.9 Å². The number of aryl methyl sites for hydroxylation is 1. The van der Waals surface area contributed by atoms with Gasteiger partial charge in [-0.05, 0) is 25.0 Å². The van der Waals surface area contributed by atoms with Gasteiger partial charge in [0, 0.05) is 31.1 Å². The monoisotopic (exact) mass is 502 g/mol. The number of sulfonamides is 1. The molecule has 1 aliphatic rings. The predicted molar refractivity (Wildman–Crippen MR) is 130 cm³/mol. The summed E-state index contributed by atoms with van der Waals surface area (Å²) in [5.41, 5.74) is 14.5. The molecule has 4 heterocycles. The molecule has 0 saturated carbocycles. The highest BCUT2D eigenvalue weighted by Gasteiger charge is 2.30. The standard InChI is InChI=1S/C21H23ClN8O3S/c1-28-14-9-11(20(24)31)3-4-13(14)16(22)18(28)17-15-19(23)25-10-26-21(15)30(27-17)12-5-7-29(8-6-12)34(2,32)33/h3-4,9-10,12H,5-8H2,1-2H3,(H2,24,31)(H2,23,25,26).